The molecule has 1 aromatic rings. The highest BCUT2D eigenvalue weighted by molar-refractivity contribution is 7.89. The van der Waals surface area contributed by atoms with Crippen LogP contribution in [0, 0.1) is 30.1 Å². The third kappa shape index (κ3) is 3.22. The number of hydrogen-bond acceptors (Lipinski definition) is 3. The predicted octanol–water partition coefficient (Wildman–Crippen LogP) is 2.91. The van der Waals surface area contributed by atoms with E-state index in [0.29, 0.717) is 11.8 Å². The van der Waals surface area contributed by atoms with Crippen LogP contribution in [0.15, 0.2) is 29.2 Å². The van der Waals surface area contributed by atoms with Gasteiger partial charge in [0.15, 0.2) is 0 Å². The summed E-state index contributed by atoms with van der Waals surface area (Å²) in [4.78, 5) is 15.4. The first-order chi connectivity index (χ1) is 11.9. The Labute approximate surface area is 149 Å². The second-order valence-electron chi connectivity index (χ2n) is 8.41. The molecule has 1 amide bonds. The summed E-state index contributed by atoms with van der Waals surface area (Å²) in [5.41, 5.74) is 3.15. The summed E-state index contributed by atoms with van der Waals surface area (Å²) >= 11 is 0. The lowest BCUT2D eigenvalue weighted by Crippen LogP contribution is -2.51. The maximum Gasteiger partial charge on any atom is 0.257 e. The zero-order valence-corrected chi connectivity index (χ0v) is 15.4. The Morgan fingerprint density at radius 2 is 1.64 bits per heavy atom. The van der Waals surface area contributed by atoms with Gasteiger partial charge in [0.05, 0.1) is 10.3 Å². The molecule has 4 aliphatic rings. The second-order valence-corrected chi connectivity index (χ2v) is 10.1. The van der Waals surface area contributed by atoms with E-state index in [0.717, 1.165) is 37.2 Å². The highest BCUT2D eigenvalue weighted by Crippen LogP contribution is 2.57. The first-order valence-electron chi connectivity index (χ1n) is 9.25. The van der Waals surface area contributed by atoms with E-state index in [1.54, 1.807) is 24.3 Å². The molecule has 0 saturated heterocycles. The summed E-state index contributed by atoms with van der Waals surface area (Å²) in [6.07, 6.45) is 7.58. The molecule has 0 radical (unpaired) electrons. The van der Waals surface area contributed by atoms with Crippen molar-refractivity contribution in [2.75, 3.05) is 0 Å². The summed E-state index contributed by atoms with van der Waals surface area (Å²) in [6, 6.07) is 6.61. The molecule has 5 nitrogen and oxygen atoms in total. The van der Waals surface area contributed by atoms with Gasteiger partial charge in [0.1, 0.15) is 0 Å². The van der Waals surface area contributed by atoms with Gasteiger partial charge < -0.3 is 0 Å². The number of sulfonamides is 1. The van der Waals surface area contributed by atoms with Gasteiger partial charge in [0.2, 0.25) is 5.91 Å². The zero-order valence-electron chi connectivity index (χ0n) is 14.6. The zero-order chi connectivity index (χ0) is 17.7. The number of benzene rings is 1. The molecular formula is C19H26N2O3S. The summed E-state index contributed by atoms with van der Waals surface area (Å²) in [5.74, 6) is 1.91. The van der Waals surface area contributed by atoms with Gasteiger partial charge in [-0.2, -0.15) is 0 Å². The monoisotopic (exact) mass is 362 g/mol. The van der Waals surface area contributed by atoms with Crippen molar-refractivity contribution in [3.63, 3.8) is 0 Å². The fourth-order valence-electron chi connectivity index (χ4n) is 5.47. The van der Waals surface area contributed by atoms with E-state index in [1.165, 1.54) is 19.3 Å². The molecule has 0 unspecified atom stereocenters. The Hall–Kier alpha value is -1.40. The molecule has 0 aromatic heterocycles. The average Bonchev–Trinajstić information content (AvgIpc) is 2.78. The second kappa shape index (κ2) is 6.09. The molecule has 4 fully saturated rings. The number of amides is 1. The molecule has 4 aliphatic carbocycles. The highest BCUT2D eigenvalue weighted by Gasteiger charge is 2.51. The third-order valence-corrected chi connectivity index (χ3v) is 7.77. The largest absolute Gasteiger partial charge is 0.277 e. The molecule has 136 valence electrons. The van der Waals surface area contributed by atoms with Crippen LogP contribution in [-0.4, -0.2) is 14.3 Å². The molecule has 5 rings (SSSR count). The van der Waals surface area contributed by atoms with E-state index >= 15 is 0 Å². The van der Waals surface area contributed by atoms with Crippen LogP contribution < -0.4 is 10.3 Å². The number of nitrogens with one attached hydrogen (secondary N) is 2. The van der Waals surface area contributed by atoms with E-state index < -0.39 is 10.0 Å². The molecule has 4 saturated carbocycles. The summed E-state index contributed by atoms with van der Waals surface area (Å²) in [5, 5.41) is 0. The number of hydrogen-bond donors (Lipinski definition) is 2. The lowest BCUT2D eigenvalue weighted by Gasteiger charge is -2.44. The Morgan fingerprint density at radius 3 is 2.28 bits per heavy atom. The van der Waals surface area contributed by atoms with Gasteiger partial charge in [-0.15, -0.1) is 4.83 Å². The number of rotatable bonds is 4. The maximum atomic E-state index is 12.9. The van der Waals surface area contributed by atoms with Crippen molar-refractivity contribution in [1.29, 1.82) is 0 Å². The lowest BCUT2D eigenvalue weighted by molar-refractivity contribution is -0.136. The van der Waals surface area contributed by atoms with Crippen LogP contribution in [0.4, 0.5) is 0 Å². The standard InChI is InChI=1S/C19H26N2O3S/c1-13-2-4-17(5-3-13)25(23,24)21-20-18(22)19-7-6-14-8-15(11-19)10-16(9-14)12-19/h2-5,14-16,21H,6-12H2,1H3,(H,20,22)/t14?,15-,16-,19?/m1/s1. The van der Waals surface area contributed by atoms with Crippen molar-refractivity contribution in [1.82, 2.24) is 10.3 Å². The molecule has 1 aromatic carbocycles. The van der Waals surface area contributed by atoms with E-state index in [4.69, 9.17) is 0 Å². The molecule has 25 heavy (non-hydrogen) atoms. The molecule has 0 heterocycles. The van der Waals surface area contributed by atoms with Gasteiger partial charge in [0, 0.05) is 0 Å². The van der Waals surface area contributed by atoms with Crippen LogP contribution in [0.5, 0.6) is 0 Å². The Morgan fingerprint density at radius 1 is 1.04 bits per heavy atom. The normalized spacial score (nSPS) is 33.9. The molecule has 2 atom stereocenters. The van der Waals surface area contributed by atoms with Gasteiger partial charge in [-0.1, -0.05) is 17.7 Å². The molecule has 0 spiro atoms. The smallest absolute Gasteiger partial charge is 0.257 e. The number of fused-ring (bicyclic) bond motifs is 1. The summed E-state index contributed by atoms with van der Waals surface area (Å²) < 4.78 is 24.8. The van der Waals surface area contributed by atoms with Crippen molar-refractivity contribution in [2.24, 2.45) is 23.2 Å². The van der Waals surface area contributed by atoms with Gasteiger partial charge in [-0.3, -0.25) is 10.2 Å². The highest BCUT2D eigenvalue weighted by atomic mass is 32.2. The van der Waals surface area contributed by atoms with Gasteiger partial charge in [0.25, 0.3) is 10.0 Å². The SMILES string of the molecule is Cc1ccc(S(=O)(=O)NNC(=O)C23CCC4C[C@H](C[C@@H](C4)C2)C3)cc1. The number of carbonyl (C=O) groups is 1. The maximum absolute atomic E-state index is 12.9. The van der Waals surface area contributed by atoms with E-state index in [9.17, 15) is 13.2 Å². The minimum Gasteiger partial charge on any atom is -0.277 e. The van der Waals surface area contributed by atoms with Crippen LogP contribution in [0.2, 0.25) is 0 Å². The van der Waals surface area contributed by atoms with Crippen LogP contribution in [0.25, 0.3) is 0 Å². The molecule has 2 N–H and O–H groups in total. The van der Waals surface area contributed by atoms with E-state index in [2.05, 4.69) is 10.3 Å². The minimum absolute atomic E-state index is 0.138. The Balaban J connectivity index is 1.47. The van der Waals surface area contributed by atoms with Crippen LogP contribution in [-0.2, 0) is 14.8 Å². The Bertz CT molecular complexity index is 758. The minimum atomic E-state index is -3.74. The summed E-state index contributed by atoms with van der Waals surface area (Å²) in [6.45, 7) is 1.90. The number of aryl methyl sites for hydroxylation is 1. The average molecular weight is 362 g/mol. The van der Waals surface area contributed by atoms with Gasteiger partial charge in [-0.05, 0) is 81.8 Å². The van der Waals surface area contributed by atoms with Crippen molar-refractivity contribution < 1.29 is 13.2 Å². The first kappa shape index (κ1) is 17.0. The molecule has 6 heteroatoms. The van der Waals surface area contributed by atoms with E-state index in [1.807, 2.05) is 6.92 Å². The molecular weight excluding hydrogens is 336 g/mol. The number of hydrazine groups is 1. The fraction of sp³-hybridized carbons (Fsp3) is 0.632. The van der Waals surface area contributed by atoms with Crippen molar-refractivity contribution >= 4 is 15.9 Å². The van der Waals surface area contributed by atoms with Crippen molar-refractivity contribution in [2.45, 2.75) is 56.8 Å². The van der Waals surface area contributed by atoms with Gasteiger partial charge in [-0.25, -0.2) is 8.42 Å². The van der Waals surface area contributed by atoms with Gasteiger partial charge >= 0.3 is 0 Å². The fourth-order valence-corrected chi connectivity index (χ4v) is 6.31. The quantitative estimate of drug-likeness (QED) is 0.809. The Kier molecular flexibility index (Phi) is 4.15. The predicted molar refractivity (Wildman–Crippen MR) is 94.9 cm³/mol. The van der Waals surface area contributed by atoms with Crippen molar-refractivity contribution in [3.05, 3.63) is 29.8 Å². The van der Waals surface area contributed by atoms with Crippen molar-refractivity contribution in [3.8, 4) is 0 Å². The topological polar surface area (TPSA) is 75.3 Å². The lowest BCUT2D eigenvalue weighted by atomic mass is 9.61. The van der Waals surface area contributed by atoms with Crippen LogP contribution in [0.3, 0.4) is 0 Å². The molecule has 0 aliphatic heterocycles. The van der Waals surface area contributed by atoms with Crippen LogP contribution >= 0.6 is 0 Å². The first-order valence-corrected chi connectivity index (χ1v) is 10.7. The summed E-state index contributed by atoms with van der Waals surface area (Å²) in [7, 11) is -3.74. The van der Waals surface area contributed by atoms with E-state index in [-0.39, 0.29) is 16.2 Å². The number of carbonyl (C=O) groups excluding carboxylic acids is 1. The molecule has 4 bridgehead atoms. The third-order valence-electron chi connectivity index (χ3n) is 6.50. The van der Waals surface area contributed by atoms with Crippen LogP contribution in [0.1, 0.15) is 50.5 Å².